The standard InChI is InChI=1S/C18H17NO5S/c1-18(14-8-7-12-5-2-3-6-13(12)11-14)16(21)15(20)17(24-18)19-9-4-10-25(19,22)23/h2-3,5-8,11,20H,4,9-10H2,1H3. The first-order chi connectivity index (χ1) is 11.8. The van der Waals surface area contributed by atoms with E-state index in [9.17, 15) is 18.3 Å². The summed E-state index contributed by atoms with van der Waals surface area (Å²) in [5, 5.41) is 12.2. The number of fused-ring (bicyclic) bond motifs is 1. The van der Waals surface area contributed by atoms with E-state index in [0.29, 0.717) is 12.0 Å². The van der Waals surface area contributed by atoms with Gasteiger partial charge in [0.1, 0.15) is 0 Å². The van der Waals surface area contributed by atoms with Crippen LogP contribution in [0, 0.1) is 0 Å². The summed E-state index contributed by atoms with van der Waals surface area (Å²) in [5.41, 5.74) is -0.893. The van der Waals surface area contributed by atoms with Gasteiger partial charge in [0, 0.05) is 12.1 Å². The molecular weight excluding hydrogens is 342 g/mol. The van der Waals surface area contributed by atoms with E-state index in [4.69, 9.17) is 4.74 Å². The Morgan fingerprint density at radius 3 is 2.56 bits per heavy atom. The molecule has 6 nitrogen and oxygen atoms in total. The second kappa shape index (κ2) is 5.23. The molecule has 2 aliphatic heterocycles. The number of ether oxygens (including phenoxy) is 1. The maximum atomic E-state index is 12.7. The molecule has 0 amide bonds. The first-order valence-electron chi connectivity index (χ1n) is 8.00. The Bertz CT molecular complexity index is 1030. The van der Waals surface area contributed by atoms with Gasteiger partial charge in [0.25, 0.3) is 11.7 Å². The Morgan fingerprint density at radius 1 is 1.16 bits per heavy atom. The van der Waals surface area contributed by atoms with Crippen molar-refractivity contribution in [1.29, 1.82) is 0 Å². The van der Waals surface area contributed by atoms with E-state index in [1.807, 2.05) is 36.4 Å². The van der Waals surface area contributed by atoms with Gasteiger partial charge in [-0.15, -0.1) is 0 Å². The Hall–Kier alpha value is -2.54. The van der Waals surface area contributed by atoms with Gasteiger partial charge < -0.3 is 9.84 Å². The number of ketones is 1. The number of aliphatic hydroxyl groups excluding tert-OH is 1. The molecule has 0 radical (unpaired) electrons. The lowest BCUT2D eigenvalue weighted by Crippen LogP contribution is -2.32. The van der Waals surface area contributed by atoms with Gasteiger partial charge in [-0.25, -0.2) is 12.7 Å². The van der Waals surface area contributed by atoms with Crippen molar-refractivity contribution in [3.05, 3.63) is 59.7 Å². The molecule has 2 aliphatic rings. The van der Waals surface area contributed by atoms with Crippen LogP contribution in [-0.4, -0.2) is 35.9 Å². The van der Waals surface area contributed by atoms with Gasteiger partial charge in [0.05, 0.1) is 5.75 Å². The summed E-state index contributed by atoms with van der Waals surface area (Å²) in [7, 11) is -3.56. The summed E-state index contributed by atoms with van der Waals surface area (Å²) in [6.07, 6.45) is 0.434. The van der Waals surface area contributed by atoms with E-state index in [2.05, 4.69) is 0 Å². The Kier molecular flexibility index (Phi) is 3.34. The van der Waals surface area contributed by atoms with Crippen molar-refractivity contribution in [3.63, 3.8) is 0 Å². The molecule has 7 heteroatoms. The van der Waals surface area contributed by atoms with Crippen molar-refractivity contribution >= 4 is 26.6 Å². The largest absolute Gasteiger partial charge is 0.501 e. The van der Waals surface area contributed by atoms with E-state index in [0.717, 1.165) is 15.1 Å². The molecule has 25 heavy (non-hydrogen) atoms. The van der Waals surface area contributed by atoms with E-state index in [1.54, 1.807) is 13.0 Å². The summed E-state index contributed by atoms with van der Waals surface area (Å²) in [6, 6.07) is 13.1. The third kappa shape index (κ3) is 2.30. The number of hydrogen-bond donors (Lipinski definition) is 1. The fraction of sp³-hybridized carbons (Fsp3) is 0.278. The highest BCUT2D eigenvalue weighted by Gasteiger charge is 2.51. The van der Waals surface area contributed by atoms with Gasteiger partial charge in [-0.3, -0.25) is 4.79 Å². The van der Waals surface area contributed by atoms with Crippen molar-refractivity contribution in [1.82, 2.24) is 4.31 Å². The summed E-state index contributed by atoms with van der Waals surface area (Å²) in [4.78, 5) is 12.7. The number of carbonyl (C=O) groups excluding carboxylic acids is 1. The van der Waals surface area contributed by atoms with Crippen LogP contribution in [0.25, 0.3) is 10.8 Å². The quantitative estimate of drug-likeness (QED) is 0.890. The third-order valence-corrected chi connectivity index (χ3v) is 6.60. The molecule has 1 unspecified atom stereocenters. The summed E-state index contributed by atoms with van der Waals surface area (Å²) >= 11 is 0. The zero-order valence-electron chi connectivity index (χ0n) is 13.6. The molecule has 2 aromatic rings. The van der Waals surface area contributed by atoms with Gasteiger partial charge in [0.15, 0.2) is 5.60 Å². The molecule has 0 saturated carbocycles. The minimum Gasteiger partial charge on any atom is -0.501 e. The van der Waals surface area contributed by atoms with Crippen LogP contribution in [-0.2, 0) is 25.2 Å². The molecule has 1 N–H and O–H groups in total. The molecule has 130 valence electrons. The molecule has 0 aliphatic carbocycles. The molecule has 2 heterocycles. The van der Waals surface area contributed by atoms with Gasteiger partial charge in [-0.2, -0.15) is 0 Å². The number of nitrogens with zero attached hydrogens (tertiary/aromatic N) is 1. The second-order valence-electron chi connectivity index (χ2n) is 6.42. The number of benzene rings is 2. The van der Waals surface area contributed by atoms with Crippen LogP contribution in [0.3, 0.4) is 0 Å². The molecule has 4 rings (SSSR count). The van der Waals surface area contributed by atoms with Crippen LogP contribution in [0.4, 0.5) is 0 Å². The van der Waals surface area contributed by atoms with Crippen molar-refractivity contribution < 1.29 is 23.1 Å². The van der Waals surface area contributed by atoms with Crippen LogP contribution in [0.2, 0.25) is 0 Å². The van der Waals surface area contributed by atoms with Crippen LogP contribution in [0.1, 0.15) is 18.9 Å². The molecule has 0 bridgehead atoms. The van der Waals surface area contributed by atoms with E-state index < -0.39 is 27.2 Å². The zero-order chi connectivity index (χ0) is 17.8. The zero-order valence-corrected chi connectivity index (χ0v) is 14.4. The first kappa shape index (κ1) is 16.0. The van der Waals surface area contributed by atoms with Gasteiger partial charge in [-0.05, 0) is 30.2 Å². The molecular formula is C18H17NO5S. The van der Waals surface area contributed by atoms with Crippen LogP contribution < -0.4 is 0 Å². The smallest absolute Gasteiger partial charge is 0.252 e. The molecule has 1 fully saturated rings. The minimum absolute atomic E-state index is 0.0198. The maximum Gasteiger partial charge on any atom is 0.252 e. The van der Waals surface area contributed by atoms with E-state index in [1.165, 1.54) is 0 Å². The highest BCUT2D eigenvalue weighted by molar-refractivity contribution is 7.89. The maximum absolute atomic E-state index is 12.7. The predicted octanol–water partition coefficient (Wildman–Crippen LogP) is 2.42. The number of aliphatic hydroxyl groups is 1. The van der Waals surface area contributed by atoms with Crippen LogP contribution in [0.5, 0.6) is 0 Å². The fourth-order valence-corrected chi connectivity index (χ4v) is 4.82. The first-order valence-corrected chi connectivity index (χ1v) is 9.60. The van der Waals surface area contributed by atoms with E-state index in [-0.39, 0.29) is 18.2 Å². The van der Waals surface area contributed by atoms with E-state index >= 15 is 0 Å². The second-order valence-corrected chi connectivity index (χ2v) is 8.43. The Morgan fingerprint density at radius 2 is 1.88 bits per heavy atom. The number of sulfonamides is 1. The molecule has 1 atom stereocenters. The lowest BCUT2D eigenvalue weighted by atomic mass is 9.90. The number of rotatable bonds is 2. The fourth-order valence-electron chi connectivity index (χ4n) is 3.32. The van der Waals surface area contributed by atoms with Crippen LogP contribution in [0.15, 0.2) is 54.1 Å². The third-order valence-electron chi connectivity index (χ3n) is 4.78. The van der Waals surface area contributed by atoms with Crippen molar-refractivity contribution in [2.45, 2.75) is 18.9 Å². The summed E-state index contributed by atoms with van der Waals surface area (Å²) < 4.78 is 31.0. The van der Waals surface area contributed by atoms with Crippen molar-refractivity contribution in [2.24, 2.45) is 0 Å². The molecule has 1 saturated heterocycles. The minimum atomic E-state index is -3.56. The van der Waals surface area contributed by atoms with Crippen LogP contribution >= 0.6 is 0 Å². The normalized spacial score (nSPS) is 25.6. The SMILES string of the molecule is CC1(c2ccc3ccccc3c2)OC(N2CCCS2(=O)=O)=C(O)C1=O. The van der Waals surface area contributed by atoms with Gasteiger partial charge in [0.2, 0.25) is 15.8 Å². The lowest BCUT2D eigenvalue weighted by molar-refractivity contribution is -0.132. The average molecular weight is 359 g/mol. The average Bonchev–Trinajstić information content (AvgIpc) is 3.06. The lowest BCUT2D eigenvalue weighted by Gasteiger charge is -2.26. The van der Waals surface area contributed by atoms with Gasteiger partial charge >= 0.3 is 0 Å². The number of carbonyl (C=O) groups is 1. The van der Waals surface area contributed by atoms with Crippen molar-refractivity contribution in [3.8, 4) is 0 Å². The molecule has 2 aromatic carbocycles. The molecule has 0 spiro atoms. The monoisotopic (exact) mass is 359 g/mol. The highest BCUT2D eigenvalue weighted by atomic mass is 32.2. The Labute approximate surface area is 145 Å². The highest BCUT2D eigenvalue weighted by Crippen LogP contribution is 2.41. The van der Waals surface area contributed by atoms with Crippen molar-refractivity contribution in [2.75, 3.05) is 12.3 Å². The number of hydrogen-bond acceptors (Lipinski definition) is 5. The summed E-state index contributed by atoms with van der Waals surface area (Å²) in [6.45, 7) is 1.74. The summed E-state index contributed by atoms with van der Waals surface area (Å²) in [5.74, 6) is -1.56. The molecule has 0 aromatic heterocycles. The topological polar surface area (TPSA) is 83.9 Å². The predicted molar refractivity (Wildman–Crippen MR) is 92.2 cm³/mol. The number of Topliss-reactive ketones (excluding diaryl/α,β-unsaturated/α-hetero) is 1. The Balaban J connectivity index is 1.77. The van der Waals surface area contributed by atoms with Gasteiger partial charge in [-0.1, -0.05) is 36.4 Å².